The van der Waals surface area contributed by atoms with Crippen LogP contribution in [0.4, 0.5) is 5.82 Å². The minimum atomic E-state index is -0.196. The molecular weight excluding hydrogens is 420 g/mol. The van der Waals surface area contributed by atoms with Gasteiger partial charge in [-0.25, -0.2) is 4.98 Å². The maximum Gasteiger partial charge on any atom is 0.236 e. The Hall–Kier alpha value is -3.23. The number of pyridine rings is 2. The first-order valence-corrected chi connectivity index (χ1v) is 10.4. The third-order valence-corrected chi connectivity index (χ3v) is 5.34. The van der Waals surface area contributed by atoms with E-state index in [1.165, 1.54) is 18.0 Å². The molecule has 3 aromatic heterocycles. The smallest absolute Gasteiger partial charge is 0.236 e. The van der Waals surface area contributed by atoms with Gasteiger partial charge in [0.25, 0.3) is 0 Å². The minimum absolute atomic E-state index is 0.157. The lowest BCUT2D eigenvalue weighted by Gasteiger charge is -2.11. The van der Waals surface area contributed by atoms with Crippen molar-refractivity contribution in [1.82, 2.24) is 24.7 Å². The lowest BCUT2D eigenvalue weighted by molar-refractivity contribution is -0.113. The second-order valence-electron chi connectivity index (χ2n) is 6.41. The summed E-state index contributed by atoms with van der Waals surface area (Å²) >= 11 is 7.13. The van der Waals surface area contributed by atoms with Crippen molar-refractivity contribution < 1.29 is 4.79 Å². The molecule has 0 atom stereocenters. The van der Waals surface area contributed by atoms with Crippen molar-refractivity contribution in [3.63, 3.8) is 0 Å². The number of aryl methyl sites for hydroxylation is 1. The third-order valence-electron chi connectivity index (χ3n) is 4.19. The minimum Gasteiger partial charge on any atom is -0.310 e. The topological polar surface area (TPSA) is 85.6 Å². The molecule has 1 N–H and O–H groups in total. The summed E-state index contributed by atoms with van der Waals surface area (Å²) in [5.74, 6) is 1.09. The van der Waals surface area contributed by atoms with Crippen LogP contribution in [0.25, 0.3) is 17.1 Å². The van der Waals surface area contributed by atoms with Crippen molar-refractivity contribution in [2.24, 2.45) is 0 Å². The Balaban J connectivity index is 1.58. The molecule has 4 rings (SSSR count). The van der Waals surface area contributed by atoms with Gasteiger partial charge in [0, 0.05) is 29.8 Å². The third kappa shape index (κ3) is 4.67. The fraction of sp³-hybridized carbons (Fsp3) is 0.0952. The number of nitrogens with one attached hydrogen (secondary N) is 1. The van der Waals surface area contributed by atoms with Crippen LogP contribution in [0.5, 0.6) is 0 Å². The summed E-state index contributed by atoms with van der Waals surface area (Å²) in [7, 11) is 0. The predicted molar refractivity (Wildman–Crippen MR) is 118 cm³/mol. The van der Waals surface area contributed by atoms with Crippen LogP contribution < -0.4 is 5.32 Å². The van der Waals surface area contributed by atoms with E-state index in [1.807, 2.05) is 47.9 Å². The Morgan fingerprint density at radius 2 is 1.83 bits per heavy atom. The van der Waals surface area contributed by atoms with E-state index >= 15 is 0 Å². The highest BCUT2D eigenvalue weighted by Crippen LogP contribution is 2.28. The van der Waals surface area contributed by atoms with Gasteiger partial charge >= 0.3 is 0 Å². The van der Waals surface area contributed by atoms with Gasteiger partial charge in [-0.15, -0.1) is 10.2 Å². The van der Waals surface area contributed by atoms with E-state index < -0.39 is 0 Å². The van der Waals surface area contributed by atoms with Crippen LogP contribution in [0.15, 0.2) is 72.3 Å². The number of halogens is 1. The molecule has 0 bridgehead atoms. The van der Waals surface area contributed by atoms with Gasteiger partial charge in [0.15, 0.2) is 11.0 Å². The van der Waals surface area contributed by atoms with Crippen molar-refractivity contribution in [2.75, 3.05) is 11.1 Å². The Morgan fingerprint density at radius 3 is 2.53 bits per heavy atom. The van der Waals surface area contributed by atoms with Gasteiger partial charge in [-0.1, -0.05) is 41.1 Å². The van der Waals surface area contributed by atoms with Gasteiger partial charge in [0.05, 0.1) is 10.8 Å². The van der Waals surface area contributed by atoms with E-state index in [1.54, 1.807) is 24.5 Å². The van der Waals surface area contributed by atoms with E-state index in [2.05, 4.69) is 25.5 Å². The lowest BCUT2D eigenvalue weighted by atomic mass is 10.2. The summed E-state index contributed by atoms with van der Waals surface area (Å²) in [6, 6.07) is 15.1. The monoisotopic (exact) mass is 436 g/mol. The molecule has 3 heterocycles. The Morgan fingerprint density at radius 1 is 1.07 bits per heavy atom. The molecule has 4 aromatic rings. The quantitative estimate of drug-likeness (QED) is 0.450. The van der Waals surface area contributed by atoms with Crippen LogP contribution in [0.2, 0.25) is 5.02 Å². The van der Waals surface area contributed by atoms with Crippen LogP contribution in [0, 0.1) is 6.92 Å². The van der Waals surface area contributed by atoms with Crippen molar-refractivity contribution in [2.45, 2.75) is 12.1 Å². The Bertz CT molecular complexity index is 1150. The molecular formula is C21H17ClN6OS. The van der Waals surface area contributed by atoms with Gasteiger partial charge in [-0.05, 0) is 43.3 Å². The normalized spacial score (nSPS) is 10.7. The summed E-state index contributed by atoms with van der Waals surface area (Å²) in [5, 5.41) is 12.6. The summed E-state index contributed by atoms with van der Waals surface area (Å²) in [6.07, 6.45) is 4.91. The van der Waals surface area contributed by atoms with Crippen LogP contribution in [0.3, 0.4) is 0 Å². The maximum atomic E-state index is 12.4. The molecule has 0 aliphatic rings. The lowest BCUT2D eigenvalue weighted by Crippen LogP contribution is -2.15. The average molecular weight is 437 g/mol. The Labute approximate surface area is 182 Å². The zero-order chi connectivity index (χ0) is 20.9. The number of carbonyl (C=O) groups excluding carboxylic acids is 1. The largest absolute Gasteiger partial charge is 0.310 e. The number of benzene rings is 1. The molecule has 0 aliphatic heterocycles. The number of thioether (sulfide) groups is 1. The number of amides is 1. The van der Waals surface area contributed by atoms with Gasteiger partial charge in [-0.3, -0.25) is 14.3 Å². The standard InChI is InChI=1S/C21H17ClN6OS/c1-14-2-5-17(6-3-14)28-20(15-8-10-23-11-9-15)26-27-21(28)30-13-19(29)25-18-7-4-16(22)12-24-18/h2-12H,13H2,1H3,(H,24,25,29). The molecule has 30 heavy (non-hydrogen) atoms. The fourth-order valence-corrected chi connectivity index (χ4v) is 3.60. The molecule has 1 amide bonds. The number of hydrogen-bond acceptors (Lipinski definition) is 6. The number of hydrogen-bond donors (Lipinski definition) is 1. The number of rotatable bonds is 6. The van der Waals surface area contributed by atoms with E-state index in [0.717, 1.165) is 16.8 Å². The average Bonchev–Trinajstić information content (AvgIpc) is 3.19. The molecule has 0 saturated carbocycles. The van der Waals surface area contributed by atoms with Gasteiger partial charge in [0.1, 0.15) is 5.82 Å². The summed E-state index contributed by atoms with van der Waals surface area (Å²) in [4.78, 5) is 20.5. The van der Waals surface area contributed by atoms with Crippen molar-refractivity contribution in [3.05, 3.63) is 77.7 Å². The highest BCUT2D eigenvalue weighted by molar-refractivity contribution is 7.99. The van der Waals surface area contributed by atoms with Crippen molar-refractivity contribution >= 4 is 35.1 Å². The van der Waals surface area contributed by atoms with Gasteiger partial charge in [-0.2, -0.15) is 0 Å². The predicted octanol–water partition coefficient (Wildman–Crippen LogP) is 4.42. The molecule has 0 fully saturated rings. The first-order valence-electron chi connectivity index (χ1n) is 9.07. The van der Waals surface area contributed by atoms with Gasteiger partial charge < -0.3 is 5.32 Å². The number of carbonyl (C=O) groups is 1. The fourth-order valence-electron chi connectivity index (χ4n) is 2.74. The number of aromatic nitrogens is 5. The second-order valence-corrected chi connectivity index (χ2v) is 7.79. The molecule has 1 aromatic carbocycles. The molecule has 0 saturated heterocycles. The van der Waals surface area contributed by atoms with Crippen molar-refractivity contribution in [3.8, 4) is 17.1 Å². The Kier molecular flexibility index (Phi) is 6.06. The number of nitrogens with zero attached hydrogens (tertiary/aromatic N) is 5. The van der Waals surface area contributed by atoms with E-state index in [-0.39, 0.29) is 11.7 Å². The molecule has 0 aliphatic carbocycles. The van der Waals surface area contributed by atoms with E-state index in [9.17, 15) is 4.79 Å². The molecule has 0 spiro atoms. The zero-order valence-corrected chi connectivity index (χ0v) is 17.6. The first-order chi connectivity index (χ1) is 14.6. The second kappa shape index (κ2) is 9.06. The molecule has 0 radical (unpaired) electrons. The van der Waals surface area contributed by atoms with Crippen LogP contribution >= 0.6 is 23.4 Å². The van der Waals surface area contributed by atoms with E-state index in [0.29, 0.717) is 21.8 Å². The van der Waals surface area contributed by atoms with Crippen molar-refractivity contribution in [1.29, 1.82) is 0 Å². The van der Waals surface area contributed by atoms with Crippen LogP contribution in [-0.4, -0.2) is 36.4 Å². The maximum absolute atomic E-state index is 12.4. The highest BCUT2D eigenvalue weighted by atomic mass is 35.5. The molecule has 7 nitrogen and oxygen atoms in total. The zero-order valence-electron chi connectivity index (χ0n) is 16.0. The number of anilines is 1. The SMILES string of the molecule is Cc1ccc(-n2c(SCC(=O)Nc3ccc(Cl)cn3)nnc2-c2ccncc2)cc1. The van der Waals surface area contributed by atoms with E-state index in [4.69, 9.17) is 11.6 Å². The summed E-state index contributed by atoms with van der Waals surface area (Å²) in [5.41, 5.74) is 2.96. The highest BCUT2D eigenvalue weighted by Gasteiger charge is 2.17. The molecule has 0 unspecified atom stereocenters. The van der Waals surface area contributed by atoms with Gasteiger partial charge in [0.2, 0.25) is 5.91 Å². The molecule has 9 heteroatoms. The van der Waals surface area contributed by atoms with Crippen LogP contribution in [0.1, 0.15) is 5.56 Å². The first kappa shape index (κ1) is 20.1. The summed E-state index contributed by atoms with van der Waals surface area (Å²) < 4.78 is 1.94. The van der Waals surface area contributed by atoms with Crippen LogP contribution in [-0.2, 0) is 4.79 Å². The summed E-state index contributed by atoms with van der Waals surface area (Å²) in [6.45, 7) is 2.03. The molecule has 150 valence electrons.